The van der Waals surface area contributed by atoms with Crippen LogP contribution < -0.4 is 0 Å². The SMILES string of the molecule is COC(=O)c1ccc([C@@H]2CN(CC(F)F)CCN2Cc2c(C3CC3)cc(C)c3c2ccn3C(=O)OC(C)(C)C)cc1. The first-order valence-corrected chi connectivity index (χ1v) is 14.2. The molecule has 2 heterocycles. The van der Waals surface area contributed by atoms with Gasteiger partial charge in [-0.1, -0.05) is 18.2 Å². The molecule has 2 aromatic carbocycles. The Labute approximate surface area is 240 Å². The van der Waals surface area contributed by atoms with Gasteiger partial charge in [0.05, 0.1) is 24.7 Å². The summed E-state index contributed by atoms with van der Waals surface area (Å²) in [4.78, 5) is 29.3. The summed E-state index contributed by atoms with van der Waals surface area (Å²) in [6.45, 7) is 9.54. The molecule has 0 spiro atoms. The van der Waals surface area contributed by atoms with E-state index in [-0.39, 0.29) is 12.6 Å². The lowest BCUT2D eigenvalue weighted by Crippen LogP contribution is -2.49. The smallest absolute Gasteiger partial charge is 0.418 e. The number of halogens is 2. The van der Waals surface area contributed by atoms with Crippen molar-refractivity contribution in [3.63, 3.8) is 0 Å². The number of benzene rings is 2. The first-order chi connectivity index (χ1) is 19.4. The molecule has 1 atom stereocenters. The zero-order chi connectivity index (χ0) is 29.5. The summed E-state index contributed by atoms with van der Waals surface area (Å²) in [5.41, 5.74) is 5.13. The molecular weight excluding hydrogens is 528 g/mol. The van der Waals surface area contributed by atoms with E-state index in [4.69, 9.17) is 9.47 Å². The summed E-state index contributed by atoms with van der Waals surface area (Å²) in [5, 5.41) is 1.02. The van der Waals surface area contributed by atoms with Gasteiger partial charge in [-0.15, -0.1) is 0 Å². The maximum Gasteiger partial charge on any atom is 0.418 e. The van der Waals surface area contributed by atoms with Crippen LogP contribution in [0.2, 0.25) is 0 Å². The Morgan fingerprint density at radius 1 is 1.07 bits per heavy atom. The molecule has 0 unspecified atom stereocenters. The topological polar surface area (TPSA) is 64.0 Å². The van der Waals surface area contributed by atoms with Crippen molar-refractivity contribution in [2.75, 3.05) is 33.3 Å². The molecule has 5 rings (SSSR count). The largest absolute Gasteiger partial charge is 0.465 e. The van der Waals surface area contributed by atoms with Crippen molar-refractivity contribution in [1.82, 2.24) is 14.4 Å². The van der Waals surface area contributed by atoms with Crippen molar-refractivity contribution >= 4 is 23.0 Å². The van der Waals surface area contributed by atoms with Crippen molar-refractivity contribution in [2.45, 2.75) is 71.1 Å². The van der Waals surface area contributed by atoms with Gasteiger partial charge in [0.2, 0.25) is 0 Å². The fourth-order valence-corrected chi connectivity index (χ4v) is 5.93. The molecule has 0 amide bonds. The second kappa shape index (κ2) is 11.5. The average molecular weight is 568 g/mol. The third-order valence-corrected chi connectivity index (χ3v) is 7.96. The predicted molar refractivity (Wildman–Crippen MR) is 154 cm³/mol. The van der Waals surface area contributed by atoms with E-state index in [1.807, 2.05) is 50.8 Å². The number of ether oxygens (including phenoxy) is 2. The zero-order valence-corrected chi connectivity index (χ0v) is 24.5. The Balaban J connectivity index is 1.53. The molecule has 0 N–H and O–H groups in total. The molecule has 9 heteroatoms. The van der Waals surface area contributed by atoms with Gasteiger partial charge in [-0.25, -0.2) is 18.4 Å². The van der Waals surface area contributed by atoms with Crippen LogP contribution in [0.15, 0.2) is 42.6 Å². The Bertz CT molecular complexity index is 1420. The van der Waals surface area contributed by atoms with Crippen LogP contribution in [0.5, 0.6) is 0 Å². The van der Waals surface area contributed by atoms with Gasteiger partial charge in [0.1, 0.15) is 5.60 Å². The minimum Gasteiger partial charge on any atom is -0.465 e. The molecule has 1 saturated carbocycles. The zero-order valence-electron chi connectivity index (χ0n) is 24.5. The summed E-state index contributed by atoms with van der Waals surface area (Å²) >= 11 is 0. The Kier molecular flexibility index (Phi) is 8.21. The number of alkyl halides is 2. The lowest BCUT2D eigenvalue weighted by Gasteiger charge is -2.42. The molecule has 7 nitrogen and oxygen atoms in total. The van der Waals surface area contributed by atoms with E-state index in [0.717, 1.165) is 34.9 Å². The normalized spacial score (nSPS) is 18.7. The van der Waals surface area contributed by atoms with Crippen molar-refractivity contribution < 1.29 is 27.8 Å². The molecule has 41 heavy (non-hydrogen) atoms. The molecule has 3 aromatic rings. The Morgan fingerprint density at radius 3 is 2.39 bits per heavy atom. The number of rotatable bonds is 7. The maximum atomic E-state index is 13.4. The highest BCUT2D eigenvalue weighted by Crippen LogP contribution is 2.45. The number of esters is 1. The van der Waals surface area contributed by atoms with Crippen molar-refractivity contribution in [3.8, 4) is 0 Å². The first kappa shape index (κ1) is 29.2. The number of piperazine rings is 1. The van der Waals surface area contributed by atoms with Gasteiger partial charge in [-0.05, 0) is 86.9 Å². The third kappa shape index (κ3) is 6.46. The van der Waals surface area contributed by atoms with Gasteiger partial charge >= 0.3 is 12.1 Å². The number of hydrogen-bond acceptors (Lipinski definition) is 6. The van der Waals surface area contributed by atoms with Gasteiger partial charge < -0.3 is 9.47 Å². The molecular formula is C32H39F2N3O4. The van der Waals surface area contributed by atoms with Crippen molar-refractivity contribution in [2.24, 2.45) is 0 Å². The number of methoxy groups -OCH3 is 1. The van der Waals surface area contributed by atoms with Crippen molar-refractivity contribution in [1.29, 1.82) is 0 Å². The number of aryl methyl sites for hydroxylation is 1. The van der Waals surface area contributed by atoms with E-state index in [0.29, 0.717) is 37.7 Å². The van der Waals surface area contributed by atoms with Gasteiger partial charge in [0.25, 0.3) is 6.43 Å². The first-order valence-electron chi connectivity index (χ1n) is 14.2. The van der Waals surface area contributed by atoms with Crippen LogP contribution in [-0.4, -0.2) is 71.7 Å². The number of hydrogen-bond donors (Lipinski definition) is 0. The lowest BCUT2D eigenvalue weighted by molar-refractivity contribution is 0.0247. The van der Waals surface area contributed by atoms with Crippen LogP contribution in [0.1, 0.15) is 78.2 Å². The molecule has 2 fully saturated rings. The summed E-state index contributed by atoms with van der Waals surface area (Å²) in [6, 6.07) is 11.3. The molecule has 2 aliphatic rings. The number of carbonyl (C=O) groups is 2. The molecule has 1 saturated heterocycles. The van der Waals surface area contributed by atoms with Gasteiger partial charge in [0.15, 0.2) is 0 Å². The standard InChI is InChI=1S/C32H39F2N3O4/c1-20-16-25(21-6-7-21)26(24-12-13-37(29(20)24)31(39)41-32(2,3)4)17-36-15-14-35(19-28(33)34)18-27(36)22-8-10-23(11-9-22)30(38)40-5/h8-13,16,21,27-28H,6-7,14-15,17-19H2,1-5H3/t27-/m0/s1. The highest BCUT2D eigenvalue weighted by molar-refractivity contribution is 5.94. The summed E-state index contributed by atoms with van der Waals surface area (Å²) < 4.78 is 38.8. The minimum absolute atomic E-state index is 0.148. The second-order valence-electron chi connectivity index (χ2n) is 12.2. The van der Waals surface area contributed by atoms with Crippen LogP contribution in [-0.2, 0) is 16.0 Å². The van der Waals surface area contributed by atoms with Gasteiger partial charge in [0, 0.05) is 43.8 Å². The molecule has 0 bridgehead atoms. The van der Waals surface area contributed by atoms with Crippen LogP contribution in [0.4, 0.5) is 13.6 Å². The predicted octanol–water partition coefficient (Wildman–Crippen LogP) is 6.52. The number of nitrogens with zero attached hydrogens (tertiary/aromatic N) is 3. The molecule has 220 valence electrons. The van der Waals surface area contributed by atoms with E-state index in [1.165, 1.54) is 18.2 Å². The van der Waals surface area contributed by atoms with Crippen LogP contribution >= 0.6 is 0 Å². The fourth-order valence-electron chi connectivity index (χ4n) is 5.93. The molecule has 1 aromatic heterocycles. The molecule has 0 radical (unpaired) electrons. The van der Waals surface area contributed by atoms with E-state index in [2.05, 4.69) is 11.0 Å². The number of fused-ring (bicyclic) bond motifs is 1. The Morgan fingerprint density at radius 2 is 1.78 bits per heavy atom. The maximum absolute atomic E-state index is 13.4. The van der Waals surface area contributed by atoms with Crippen LogP contribution in [0.3, 0.4) is 0 Å². The van der Waals surface area contributed by atoms with E-state index in [9.17, 15) is 18.4 Å². The summed E-state index contributed by atoms with van der Waals surface area (Å²) in [7, 11) is 1.34. The van der Waals surface area contributed by atoms with E-state index >= 15 is 0 Å². The van der Waals surface area contributed by atoms with Crippen LogP contribution in [0.25, 0.3) is 10.9 Å². The summed E-state index contributed by atoms with van der Waals surface area (Å²) in [5.74, 6) is 0.0675. The van der Waals surface area contributed by atoms with E-state index in [1.54, 1.807) is 22.9 Å². The monoisotopic (exact) mass is 567 g/mol. The average Bonchev–Trinajstić information content (AvgIpc) is 3.66. The van der Waals surface area contributed by atoms with Gasteiger partial charge in [-0.3, -0.25) is 14.4 Å². The fraction of sp³-hybridized carbons (Fsp3) is 0.500. The quantitative estimate of drug-likeness (QED) is 0.303. The van der Waals surface area contributed by atoms with Gasteiger partial charge in [-0.2, -0.15) is 0 Å². The second-order valence-corrected chi connectivity index (χ2v) is 12.2. The number of aromatic nitrogens is 1. The molecule has 1 aliphatic heterocycles. The highest BCUT2D eigenvalue weighted by Gasteiger charge is 2.34. The molecule has 1 aliphatic carbocycles. The minimum atomic E-state index is -2.41. The number of carbonyl (C=O) groups excluding carboxylic acids is 2. The Hall–Kier alpha value is -3.30. The highest BCUT2D eigenvalue weighted by atomic mass is 19.3. The lowest BCUT2D eigenvalue weighted by atomic mass is 9.94. The van der Waals surface area contributed by atoms with Crippen molar-refractivity contribution in [3.05, 3.63) is 70.4 Å². The summed E-state index contributed by atoms with van der Waals surface area (Å²) in [6.07, 6.45) is 1.23. The van der Waals surface area contributed by atoms with Crippen LogP contribution in [0, 0.1) is 6.92 Å². The van der Waals surface area contributed by atoms with E-state index < -0.39 is 24.1 Å². The third-order valence-electron chi connectivity index (χ3n) is 7.96.